The maximum Gasteiger partial charge on any atom is 0.221 e. The van der Waals surface area contributed by atoms with Crippen molar-refractivity contribution in [3.63, 3.8) is 0 Å². The monoisotopic (exact) mass is 327 g/mol. The molecular formula is C15H25N3O3S. The second kappa shape index (κ2) is 7.69. The molecule has 7 heteroatoms. The van der Waals surface area contributed by atoms with Crippen LogP contribution in [0.15, 0.2) is 24.5 Å². The maximum atomic E-state index is 12.0. The third kappa shape index (κ3) is 8.09. The molecule has 0 saturated carbocycles. The van der Waals surface area contributed by atoms with Crippen molar-refractivity contribution in [1.29, 1.82) is 0 Å². The van der Waals surface area contributed by atoms with Gasteiger partial charge in [-0.2, -0.15) is 0 Å². The van der Waals surface area contributed by atoms with Crippen molar-refractivity contribution < 1.29 is 13.2 Å². The van der Waals surface area contributed by atoms with Crippen molar-refractivity contribution >= 4 is 15.9 Å². The molecule has 0 spiro atoms. The summed E-state index contributed by atoms with van der Waals surface area (Å²) < 4.78 is 24.3. The lowest BCUT2D eigenvalue weighted by Crippen LogP contribution is -2.34. The second-order valence-electron chi connectivity index (χ2n) is 6.59. The van der Waals surface area contributed by atoms with E-state index in [4.69, 9.17) is 0 Å². The highest BCUT2D eigenvalue weighted by Crippen LogP contribution is 2.29. The first-order chi connectivity index (χ1) is 10.1. The molecule has 1 heterocycles. The number of carbonyl (C=O) groups excluding carboxylic acids is 1. The summed E-state index contributed by atoms with van der Waals surface area (Å²) in [5, 5.41) is 2.96. The molecule has 0 aromatic carbocycles. The van der Waals surface area contributed by atoms with Gasteiger partial charge in [0.05, 0.1) is 12.3 Å². The van der Waals surface area contributed by atoms with Crippen LogP contribution in [0.4, 0.5) is 0 Å². The Kier molecular flexibility index (Phi) is 6.49. The lowest BCUT2D eigenvalue weighted by Gasteiger charge is -2.27. The number of pyridine rings is 1. The van der Waals surface area contributed by atoms with Gasteiger partial charge >= 0.3 is 0 Å². The minimum Gasteiger partial charge on any atom is -0.349 e. The SMILES string of the molecule is CC(C)(C)C[C@H](NC(=O)CCNS(C)(=O)=O)c1cccnc1. The lowest BCUT2D eigenvalue weighted by molar-refractivity contribution is -0.121. The molecule has 1 atom stereocenters. The predicted molar refractivity (Wildman–Crippen MR) is 86.7 cm³/mol. The molecule has 0 bridgehead atoms. The molecule has 22 heavy (non-hydrogen) atoms. The van der Waals surface area contributed by atoms with Crippen LogP contribution in [0.25, 0.3) is 0 Å². The van der Waals surface area contributed by atoms with Crippen molar-refractivity contribution in [1.82, 2.24) is 15.0 Å². The summed E-state index contributed by atoms with van der Waals surface area (Å²) in [7, 11) is -3.27. The lowest BCUT2D eigenvalue weighted by atomic mass is 9.86. The Morgan fingerprint density at radius 1 is 1.36 bits per heavy atom. The Labute approximate surface area is 132 Å². The number of rotatable bonds is 7. The van der Waals surface area contributed by atoms with Crippen LogP contribution in [0.2, 0.25) is 0 Å². The molecule has 1 amide bonds. The van der Waals surface area contributed by atoms with Crippen molar-refractivity contribution in [3.05, 3.63) is 30.1 Å². The quantitative estimate of drug-likeness (QED) is 0.796. The predicted octanol–water partition coefficient (Wildman–Crippen LogP) is 1.61. The molecule has 0 aliphatic rings. The molecule has 0 aliphatic carbocycles. The molecule has 1 rings (SSSR count). The van der Waals surface area contributed by atoms with E-state index in [1.165, 1.54) is 0 Å². The van der Waals surface area contributed by atoms with E-state index in [1.54, 1.807) is 12.4 Å². The Morgan fingerprint density at radius 2 is 2.05 bits per heavy atom. The van der Waals surface area contributed by atoms with Gasteiger partial charge < -0.3 is 5.32 Å². The van der Waals surface area contributed by atoms with E-state index >= 15 is 0 Å². The van der Waals surface area contributed by atoms with Gasteiger partial charge in [0.1, 0.15) is 0 Å². The highest BCUT2D eigenvalue weighted by Gasteiger charge is 2.22. The first kappa shape index (κ1) is 18.6. The van der Waals surface area contributed by atoms with Crippen LogP contribution in [0.5, 0.6) is 0 Å². The van der Waals surface area contributed by atoms with E-state index in [0.29, 0.717) is 0 Å². The van der Waals surface area contributed by atoms with Gasteiger partial charge in [0, 0.05) is 25.4 Å². The van der Waals surface area contributed by atoms with Gasteiger partial charge in [0.2, 0.25) is 15.9 Å². The molecule has 124 valence electrons. The molecule has 6 nitrogen and oxygen atoms in total. The fraction of sp³-hybridized carbons (Fsp3) is 0.600. The van der Waals surface area contributed by atoms with Crippen LogP contribution in [-0.2, 0) is 14.8 Å². The van der Waals surface area contributed by atoms with Crippen molar-refractivity contribution in [2.24, 2.45) is 5.41 Å². The largest absolute Gasteiger partial charge is 0.349 e. The number of aromatic nitrogens is 1. The summed E-state index contributed by atoms with van der Waals surface area (Å²) in [5.74, 6) is -0.186. The molecular weight excluding hydrogens is 302 g/mol. The fourth-order valence-electron chi connectivity index (χ4n) is 2.06. The zero-order valence-electron chi connectivity index (χ0n) is 13.6. The number of hydrogen-bond donors (Lipinski definition) is 2. The van der Waals surface area contributed by atoms with Gasteiger partial charge in [-0.3, -0.25) is 9.78 Å². The van der Waals surface area contributed by atoms with Gasteiger partial charge in [-0.15, -0.1) is 0 Å². The van der Waals surface area contributed by atoms with E-state index in [2.05, 4.69) is 35.8 Å². The van der Waals surface area contributed by atoms with E-state index in [1.807, 2.05) is 12.1 Å². The molecule has 1 aromatic heterocycles. The molecule has 0 aliphatic heterocycles. The fourth-order valence-corrected chi connectivity index (χ4v) is 2.54. The summed E-state index contributed by atoms with van der Waals surface area (Å²) in [6, 6.07) is 3.63. The summed E-state index contributed by atoms with van der Waals surface area (Å²) in [4.78, 5) is 16.1. The maximum absolute atomic E-state index is 12.0. The second-order valence-corrected chi connectivity index (χ2v) is 8.42. The number of nitrogens with one attached hydrogen (secondary N) is 2. The number of amides is 1. The van der Waals surface area contributed by atoms with E-state index in [9.17, 15) is 13.2 Å². The Balaban J connectivity index is 2.67. The number of sulfonamides is 1. The average Bonchev–Trinajstić information content (AvgIpc) is 2.36. The first-order valence-corrected chi connectivity index (χ1v) is 9.10. The molecule has 1 aromatic rings. The van der Waals surface area contributed by atoms with Crippen LogP contribution in [0.1, 0.15) is 45.2 Å². The Bertz CT molecular complexity index is 580. The van der Waals surface area contributed by atoms with Crippen molar-refractivity contribution in [2.45, 2.75) is 39.7 Å². The first-order valence-electron chi connectivity index (χ1n) is 7.21. The number of carbonyl (C=O) groups is 1. The highest BCUT2D eigenvalue weighted by atomic mass is 32.2. The minimum absolute atomic E-state index is 0.0405. The summed E-state index contributed by atoms with van der Waals surface area (Å²) in [6.07, 6.45) is 5.38. The molecule has 0 radical (unpaired) electrons. The third-order valence-electron chi connectivity index (χ3n) is 2.95. The van der Waals surface area contributed by atoms with E-state index in [0.717, 1.165) is 18.2 Å². The molecule has 0 fully saturated rings. The van der Waals surface area contributed by atoms with Gasteiger partial charge in [-0.05, 0) is 23.5 Å². The average molecular weight is 327 g/mol. The summed E-state index contributed by atoms with van der Waals surface area (Å²) in [5.41, 5.74) is 0.987. The van der Waals surface area contributed by atoms with Crippen LogP contribution in [0.3, 0.4) is 0 Å². The van der Waals surface area contributed by atoms with E-state index in [-0.39, 0.29) is 30.3 Å². The van der Waals surface area contributed by atoms with Crippen LogP contribution < -0.4 is 10.0 Å². The summed E-state index contributed by atoms with van der Waals surface area (Å²) in [6.45, 7) is 6.41. The van der Waals surface area contributed by atoms with Crippen LogP contribution >= 0.6 is 0 Å². The van der Waals surface area contributed by atoms with Crippen molar-refractivity contribution in [2.75, 3.05) is 12.8 Å². The minimum atomic E-state index is -3.27. The Hall–Kier alpha value is -1.47. The number of hydrogen-bond acceptors (Lipinski definition) is 4. The highest BCUT2D eigenvalue weighted by molar-refractivity contribution is 7.88. The summed E-state index contributed by atoms with van der Waals surface area (Å²) >= 11 is 0. The third-order valence-corrected chi connectivity index (χ3v) is 3.68. The topological polar surface area (TPSA) is 88.2 Å². The van der Waals surface area contributed by atoms with Gasteiger partial charge in [-0.25, -0.2) is 13.1 Å². The van der Waals surface area contributed by atoms with E-state index < -0.39 is 10.0 Å². The smallest absolute Gasteiger partial charge is 0.221 e. The molecule has 2 N–H and O–H groups in total. The standard InChI is InChI=1S/C15H25N3O3S/c1-15(2,3)10-13(12-6-5-8-16-11-12)18-14(19)7-9-17-22(4,20)21/h5-6,8,11,13,17H,7,9-10H2,1-4H3,(H,18,19)/t13-/m0/s1. The Morgan fingerprint density at radius 3 is 2.55 bits per heavy atom. The van der Waals surface area contributed by atoms with Crippen molar-refractivity contribution in [3.8, 4) is 0 Å². The number of nitrogens with zero attached hydrogens (tertiary/aromatic N) is 1. The molecule has 0 saturated heterocycles. The normalized spacial score (nSPS) is 13.6. The zero-order valence-corrected chi connectivity index (χ0v) is 14.4. The van der Waals surface area contributed by atoms with Crippen LogP contribution in [-0.4, -0.2) is 32.1 Å². The molecule has 0 unspecified atom stereocenters. The van der Waals surface area contributed by atoms with Gasteiger partial charge in [-0.1, -0.05) is 26.8 Å². The van der Waals surface area contributed by atoms with Gasteiger partial charge in [0.25, 0.3) is 0 Å². The van der Waals surface area contributed by atoms with Crippen LogP contribution in [0, 0.1) is 5.41 Å². The van der Waals surface area contributed by atoms with Gasteiger partial charge in [0.15, 0.2) is 0 Å². The zero-order chi connectivity index (χ0) is 16.8.